The predicted molar refractivity (Wildman–Crippen MR) is 149 cm³/mol. The molecule has 0 amide bonds. The van der Waals surface area contributed by atoms with Crippen LogP contribution in [0.15, 0.2) is 48.7 Å². The van der Waals surface area contributed by atoms with E-state index in [4.69, 9.17) is 14.5 Å². The first-order valence-corrected chi connectivity index (χ1v) is 13.9. The fraction of sp³-hybridized carbons (Fsp3) is 0.321. The topological polar surface area (TPSA) is 93.6 Å². The van der Waals surface area contributed by atoms with Gasteiger partial charge in [-0.15, -0.1) is 22.7 Å². The van der Waals surface area contributed by atoms with Crippen LogP contribution in [0.1, 0.15) is 51.7 Å². The number of anilines is 2. The van der Waals surface area contributed by atoms with E-state index in [-0.39, 0.29) is 5.56 Å². The van der Waals surface area contributed by atoms with Crippen molar-refractivity contribution in [3.05, 3.63) is 64.0 Å². The number of aromatic nitrogens is 2. The van der Waals surface area contributed by atoms with Crippen molar-refractivity contribution >= 4 is 39.6 Å². The number of ether oxygens (including phenoxy) is 2. The van der Waals surface area contributed by atoms with Crippen molar-refractivity contribution in [1.82, 2.24) is 9.97 Å². The maximum Gasteiger partial charge on any atom is 0.339 e. The lowest BCUT2D eigenvalue weighted by Crippen LogP contribution is -2.05. The van der Waals surface area contributed by atoms with Crippen LogP contribution in [0.2, 0.25) is 0 Å². The fourth-order valence-corrected chi connectivity index (χ4v) is 6.57. The van der Waals surface area contributed by atoms with Crippen LogP contribution in [0.3, 0.4) is 0 Å². The van der Waals surface area contributed by atoms with Crippen molar-refractivity contribution in [3.8, 4) is 27.4 Å². The van der Waals surface area contributed by atoms with E-state index in [1.807, 2.05) is 43.3 Å². The molecule has 3 aromatic heterocycles. The third-order valence-corrected chi connectivity index (χ3v) is 8.61. The van der Waals surface area contributed by atoms with Gasteiger partial charge in [0.25, 0.3) is 0 Å². The van der Waals surface area contributed by atoms with E-state index in [9.17, 15) is 9.90 Å². The van der Waals surface area contributed by atoms with Crippen molar-refractivity contribution in [2.24, 2.45) is 0 Å². The minimum Gasteiger partial charge on any atom is -0.491 e. The summed E-state index contributed by atoms with van der Waals surface area (Å²) >= 11 is 3.21. The Morgan fingerprint density at radius 2 is 1.86 bits per heavy atom. The maximum absolute atomic E-state index is 12.1. The zero-order chi connectivity index (χ0) is 25.8. The number of benzene rings is 1. The highest BCUT2D eigenvalue weighted by Gasteiger charge is 2.25. The van der Waals surface area contributed by atoms with E-state index in [0.717, 1.165) is 40.3 Å². The summed E-state index contributed by atoms with van der Waals surface area (Å²) in [5.41, 5.74) is 2.87. The van der Waals surface area contributed by atoms with Crippen LogP contribution >= 0.6 is 22.7 Å². The molecule has 4 aromatic rings. The Kier molecular flexibility index (Phi) is 7.83. The average Bonchev–Trinajstić information content (AvgIpc) is 3.66. The third-order valence-electron chi connectivity index (χ3n) is 6.43. The number of carboxylic acid groups (broad SMARTS) is 1. The van der Waals surface area contributed by atoms with Gasteiger partial charge in [0.15, 0.2) is 5.13 Å². The lowest BCUT2D eigenvalue weighted by molar-refractivity contribution is 0.0697. The molecular formula is C28H29N3O4S2. The van der Waals surface area contributed by atoms with E-state index >= 15 is 0 Å². The van der Waals surface area contributed by atoms with E-state index in [1.54, 1.807) is 42.0 Å². The Hall–Kier alpha value is -3.27. The molecule has 0 aliphatic heterocycles. The quantitative estimate of drug-likeness (QED) is 0.205. The summed E-state index contributed by atoms with van der Waals surface area (Å²) < 4.78 is 10.8. The molecule has 2 N–H and O–H groups in total. The number of rotatable bonds is 10. The van der Waals surface area contributed by atoms with Gasteiger partial charge in [-0.2, -0.15) is 0 Å². The first-order valence-electron chi connectivity index (χ1n) is 12.3. The number of nitrogens with zero attached hydrogens (tertiary/aromatic N) is 2. The molecule has 0 atom stereocenters. The summed E-state index contributed by atoms with van der Waals surface area (Å²) in [5, 5.41) is 13.8. The lowest BCUT2D eigenvalue weighted by Gasteiger charge is -2.10. The van der Waals surface area contributed by atoms with Crippen molar-refractivity contribution in [2.75, 3.05) is 25.6 Å². The molecule has 1 saturated carbocycles. The number of carbonyl (C=O) groups is 1. The number of methoxy groups -OCH3 is 1. The van der Waals surface area contributed by atoms with E-state index in [2.05, 4.69) is 10.3 Å². The molecule has 3 heterocycles. The van der Waals surface area contributed by atoms with Gasteiger partial charge in [-0.05, 0) is 68.1 Å². The van der Waals surface area contributed by atoms with Crippen LogP contribution in [-0.2, 0) is 4.74 Å². The minimum absolute atomic E-state index is 0.125. The third kappa shape index (κ3) is 5.84. The second-order valence-electron chi connectivity index (χ2n) is 9.04. The maximum atomic E-state index is 12.1. The molecule has 1 aliphatic carbocycles. The first kappa shape index (κ1) is 25.4. The van der Waals surface area contributed by atoms with Crippen molar-refractivity contribution < 1.29 is 19.4 Å². The SMILES string of the molecule is COCCOc1ccc(-c2nc(Nc3ncc(-c4ccc(C)s4)cc3C(=O)O)sc2C2CCCC2)cc1. The summed E-state index contributed by atoms with van der Waals surface area (Å²) in [6.45, 7) is 3.06. The fourth-order valence-electron chi connectivity index (χ4n) is 4.56. The predicted octanol–water partition coefficient (Wildman–Crippen LogP) is 7.37. The zero-order valence-electron chi connectivity index (χ0n) is 20.8. The molecule has 192 valence electrons. The second-order valence-corrected chi connectivity index (χ2v) is 11.4. The molecule has 0 bridgehead atoms. The summed E-state index contributed by atoms with van der Waals surface area (Å²) in [7, 11) is 1.65. The van der Waals surface area contributed by atoms with Gasteiger partial charge >= 0.3 is 5.97 Å². The number of nitrogens with one attached hydrogen (secondary N) is 1. The number of aryl methyl sites for hydroxylation is 1. The standard InChI is InChI=1S/C28H29N3O4S2/c1-17-7-12-23(36-17)20-15-22(27(32)33)26(29-16-20)31-28-30-24(25(37-28)19-5-3-4-6-19)18-8-10-21(11-9-18)35-14-13-34-2/h7-12,15-16,19H,3-6,13-14H2,1-2H3,(H,32,33)(H,29,30,31). The van der Waals surface area contributed by atoms with Crippen molar-refractivity contribution in [2.45, 2.75) is 38.5 Å². The van der Waals surface area contributed by atoms with Crippen LogP contribution in [-0.4, -0.2) is 41.4 Å². The smallest absolute Gasteiger partial charge is 0.339 e. The summed E-state index contributed by atoms with van der Waals surface area (Å²) in [5.74, 6) is 0.511. The van der Waals surface area contributed by atoms with Gasteiger partial charge < -0.3 is 19.9 Å². The number of hydrogen-bond acceptors (Lipinski definition) is 8. The van der Waals surface area contributed by atoms with E-state index in [0.29, 0.717) is 30.1 Å². The largest absolute Gasteiger partial charge is 0.491 e. The molecule has 9 heteroatoms. The minimum atomic E-state index is -1.03. The van der Waals surface area contributed by atoms with Gasteiger partial charge in [0, 0.05) is 39.1 Å². The van der Waals surface area contributed by atoms with Gasteiger partial charge in [0.1, 0.15) is 23.7 Å². The molecule has 7 nitrogen and oxygen atoms in total. The Labute approximate surface area is 224 Å². The van der Waals surface area contributed by atoms with Crippen LogP contribution in [0.25, 0.3) is 21.7 Å². The summed E-state index contributed by atoms with van der Waals surface area (Å²) in [6.07, 6.45) is 6.42. The van der Waals surface area contributed by atoms with Gasteiger partial charge in [0.05, 0.1) is 12.3 Å². The van der Waals surface area contributed by atoms with Crippen LogP contribution < -0.4 is 10.1 Å². The molecular weight excluding hydrogens is 506 g/mol. The molecule has 1 fully saturated rings. The Bertz CT molecular complexity index is 1370. The lowest BCUT2D eigenvalue weighted by atomic mass is 10.0. The van der Waals surface area contributed by atoms with Gasteiger partial charge in [-0.3, -0.25) is 0 Å². The van der Waals surface area contributed by atoms with Crippen molar-refractivity contribution in [1.29, 1.82) is 0 Å². The van der Waals surface area contributed by atoms with Crippen LogP contribution in [0, 0.1) is 6.92 Å². The highest BCUT2D eigenvalue weighted by atomic mass is 32.1. The number of thiazole rings is 1. The number of pyridine rings is 1. The monoisotopic (exact) mass is 535 g/mol. The normalized spacial score (nSPS) is 13.7. The van der Waals surface area contributed by atoms with Gasteiger partial charge in [-0.25, -0.2) is 14.8 Å². The molecule has 0 spiro atoms. The molecule has 1 aromatic carbocycles. The summed E-state index contributed by atoms with van der Waals surface area (Å²) in [4.78, 5) is 24.9. The Morgan fingerprint density at radius 3 is 2.54 bits per heavy atom. The number of hydrogen-bond donors (Lipinski definition) is 2. The van der Waals surface area contributed by atoms with Crippen molar-refractivity contribution in [3.63, 3.8) is 0 Å². The molecule has 5 rings (SSSR count). The average molecular weight is 536 g/mol. The van der Waals surface area contributed by atoms with E-state index < -0.39 is 5.97 Å². The Balaban J connectivity index is 1.44. The zero-order valence-corrected chi connectivity index (χ0v) is 22.5. The highest BCUT2D eigenvalue weighted by Crippen LogP contribution is 2.44. The molecule has 0 unspecified atom stereocenters. The first-order chi connectivity index (χ1) is 18.0. The Morgan fingerprint density at radius 1 is 1.08 bits per heavy atom. The molecule has 1 aliphatic rings. The second kappa shape index (κ2) is 11.4. The number of carboxylic acids is 1. The van der Waals surface area contributed by atoms with Crippen LogP contribution in [0.4, 0.5) is 10.9 Å². The molecule has 0 saturated heterocycles. The molecule has 37 heavy (non-hydrogen) atoms. The van der Waals surface area contributed by atoms with Gasteiger partial charge in [0.2, 0.25) is 0 Å². The highest BCUT2D eigenvalue weighted by molar-refractivity contribution is 7.16. The summed E-state index contributed by atoms with van der Waals surface area (Å²) in [6, 6.07) is 13.6. The van der Waals surface area contributed by atoms with E-state index in [1.165, 1.54) is 22.6 Å². The van der Waals surface area contributed by atoms with Crippen LogP contribution in [0.5, 0.6) is 5.75 Å². The molecule has 0 radical (unpaired) electrons. The number of aromatic carboxylic acids is 1. The van der Waals surface area contributed by atoms with Gasteiger partial charge in [-0.1, -0.05) is 12.8 Å². The number of thiophene rings is 1.